The molecule has 0 bridgehead atoms. The van der Waals surface area contributed by atoms with Crippen LogP contribution in [0.2, 0.25) is 0 Å². The van der Waals surface area contributed by atoms with E-state index < -0.39 is 0 Å². The van der Waals surface area contributed by atoms with Crippen LogP contribution in [0.1, 0.15) is 55.8 Å². The van der Waals surface area contributed by atoms with Crippen molar-refractivity contribution in [3.63, 3.8) is 0 Å². The summed E-state index contributed by atoms with van der Waals surface area (Å²) in [5.41, 5.74) is 2.42. The standard InChI is InChI=1S/C19H24N6O/c1-12(2)16-17(15(9-21-3)10-22-7-6-13-4-5-13)24-18-14(8-20)11-23-25(18)19(16)26/h9-13,22-23H,4-7H2,1-3H3/b15-10+,21-9?. The molecule has 0 saturated heterocycles. The predicted octanol–water partition coefficient (Wildman–Crippen LogP) is 2.45. The van der Waals surface area contributed by atoms with Crippen molar-refractivity contribution in [1.82, 2.24) is 19.9 Å². The van der Waals surface area contributed by atoms with Crippen LogP contribution in [0.25, 0.3) is 11.2 Å². The van der Waals surface area contributed by atoms with Gasteiger partial charge in [0.25, 0.3) is 5.56 Å². The van der Waals surface area contributed by atoms with Crippen LogP contribution >= 0.6 is 0 Å². The number of aliphatic imine (C=N–C) groups is 1. The smallest absolute Gasteiger partial charge is 0.276 e. The summed E-state index contributed by atoms with van der Waals surface area (Å²) in [5, 5.41) is 15.4. The van der Waals surface area contributed by atoms with Gasteiger partial charge in [-0.25, -0.2) is 9.50 Å². The van der Waals surface area contributed by atoms with Crippen LogP contribution < -0.4 is 10.9 Å². The first kappa shape index (κ1) is 17.9. The van der Waals surface area contributed by atoms with Crippen LogP contribution in [-0.2, 0) is 0 Å². The third kappa shape index (κ3) is 3.54. The summed E-state index contributed by atoms with van der Waals surface area (Å²) >= 11 is 0. The molecule has 1 aliphatic carbocycles. The van der Waals surface area contributed by atoms with Gasteiger partial charge in [0, 0.05) is 43.3 Å². The van der Waals surface area contributed by atoms with Gasteiger partial charge in [0.05, 0.1) is 5.69 Å². The first-order valence-corrected chi connectivity index (χ1v) is 8.97. The maximum Gasteiger partial charge on any atom is 0.276 e. The van der Waals surface area contributed by atoms with Crippen LogP contribution in [0, 0.1) is 17.2 Å². The number of aromatic amines is 1. The van der Waals surface area contributed by atoms with Gasteiger partial charge in [-0.15, -0.1) is 0 Å². The van der Waals surface area contributed by atoms with E-state index in [2.05, 4.69) is 26.5 Å². The van der Waals surface area contributed by atoms with Crippen molar-refractivity contribution < 1.29 is 0 Å². The SMILES string of the molecule is CN=C/C(=C\NCCC1CC1)c1nc2c(C#N)c[nH]n2c(=O)c1C(C)C. The summed E-state index contributed by atoms with van der Waals surface area (Å²) in [5.74, 6) is 0.832. The topological polar surface area (TPSA) is 98.3 Å². The van der Waals surface area contributed by atoms with E-state index in [1.54, 1.807) is 13.3 Å². The largest absolute Gasteiger partial charge is 0.390 e. The van der Waals surface area contributed by atoms with Gasteiger partial charge in [-0.1, -0.05) is 26.7 Å². The van der Waals surface area contributed by atoms with E-state index in [0.717, 1.165) is 24.5 Å². The molecule has 2 N–H and O–H groups in total. The minimum atomic E-state index is -0.185. The lowest BCUT2D eigenvalue weighted by molar-refractivity contribution is 0.685. The Morgan fingerprint density at radius 2 is 2.35 bits per heavy atom. The Hall–Kier alpha value is -2.88. The minimum Gasteiger partial charge on any atom is -0.390 e. The van der Waals surface area contributed by atoms with E-state index in [4.69, 9.17) is 0 Å². The number of nitrogens with one attached hydrogen (secondary N) is 2. The van der Waals surface area contributed by atoms with Crippen molar-refractivity contribution >= 4 is 17.4 Å². The summed E-state index contributed by atoms with van der Waals surface area (Å²) in [4.78, 5) is 21.7. The maximum absolute atomic E-state index is 12.9. The number of H-pyrrole nitrogens is 1. The van der Waals surface area contributed by atoms with Crippen molar-refractivity contribution in [3.8, 4) is 6.07 Å². The predicted molar refractivity (Wildman–Crippen MR) is 102 cm³/mol. The maximum atomic E-state index is 12.9. The highest BCUT2D eigenvalue weighted by molar-refractivity contribution is 6.09. The van der Waals surface area contributed by atoms with Gasteiger partial charge in [-0.3, -0.25) is 14.9 Å². The average Bonchev–Trinajstić information content (AvgIpc) is 3.34. The quantitative estimate of drug-likeness (QED) is 0.591. The molecule has 0 amide bonds. The van der Waals surface area contributed by atoms with Gasteiger partial charge < -0.3 is 5.32 Å². The van der Waals surface area contributed by atoms with Crippen LogP contribution in [0.15, 0.2) is 22.2 Å². The number of aromatic nitrogens is 3. The van der Waals surface area contributed by atoms with Crippen molar-refractivity contribution in [2.75, 3.05) is 13.6 Å². The molecular weight excluding hydrogens is 328 g/mol. The minimum absolute atomic E-state index is 0.0177. The van der Waals surface area contributed by atoms with E-state index in [1.807, 2.05) is 20.0 Å². The highest BCUT2D eigenvalue weighted by atomic mass is 16.1. The average molecular weight is 352 g/mol. The molecular formula is C19H24N6O. The molecule has 136 valence electrons. The fraction of sp³-hybridized carbons (Fsp3) is 0.474. The normalized spacial score (nSPS) is 15.1. The number of hydrogen-bond donors (Lipinski definition) is 2. The molecule has 0 atom stereocenters. The van der Waals surface area contributed by atoms with Gasteiger partial charge in [0.2, 0.25) is 0 Å². The van der Waals surface area contributed by atoms with Crippen LogP contribution in [0.3, 0.4) is 0 Å². The molecule has 7 heteroatoms. The molecule has 0 spiro atoms. The molecule has 2 heterocycles. The van der Waals surface area contributed by atoms with Crippen LogP contribution in [0.5, 0.6) is 0 Å². The summed E-state index contributed by atoms with van der Waals surface area (Å²) in [6.45, 7) is 4.81. The Morgan fingerprint density at radius 3 is 2.96 bits per heavy atom. The van der Waals surface area contributed by atoms with Crippen LogP contribution in [0.4, 0.5) is 0 Å². The molecule has 3 rings (SSSR count). The summed E-state index contributed by atoms with van der Waals surface area (Å²) in [6.07, 6.45) is 8.88. The third-order valence-corrected chi connectivity index (χ3v) is 4.59. The van der Waals surface area contributed by atoms with Crippen molar-refractivity contribution in [1.29, 1.82) is 5.26 Å². The van der Waals surface area contributed by atoms with E-state index in [0.29, 0.717) is 22.5 Å². The zero-order chi connectivity index (χ0) is 18.7. The number of rotatable bonds is 7. The number of allylic oxidation sites excluding steroid dienone is 1. The fourth-order valence-corrected chi connectivity index (χ4v) is 3.03. The second kappa shape index (κ2) is 7.56. The Bertz CT molecular complexity index is 953. The van der Waals surface area contributed by atoms with Gasteiger partial charge in [-0.2, -0.15) is 5.26 Å². The highest BCUT2D eigenvalue weighted by Crippen LogP contribution is 2.31. The second-order valence-electron chi connectivity index (χ2n) is 6.97. The second-order valence-corrected chi connectivity index (χ2v) is 6.97. The molecule has 1 saturated carbocycles. The molecule has 7 nitrogen and oxygen atoms in total. The molecule has 0 radical (unpaired) electrons. The molecule has 2 aromatic rings. The van der Waals surface area contributed by atoms with E-state index in [1.165, 1.54) is 23.6 Å². The highest BCUT2D eigenvalue weighted by Gasteiger charge is 2.21. The Balaban J connectivity index is 2.08. The monoisotopic (exact) mass is 352 g/mol. The number of hydrogen-bond acceptors (Lipinski definition) is 5. The number of fused-ring (bicyclic) bond motifs is 1. The van der Waals surface area contributed by atoms with E-state index in [-0.39, 0.29) is 11.5 Å². The number of nitriles is 1. The molecule has 1 aliphatic rings. The molecule has 26 heavy (non-hydrogen) atoms. The molecule has 1 fully saturated rings. The van der Waals surface area contributed by atoms with Gasteiger partial charge in [-0.05, 0) is 18.3 Å². The zero-order valence-electron chi connectivity index (χ0n) is 15.4. The molecule has 0 aliphatic heterocycles. The Kier molecular flexibility index (Phi) is 5.21. The first-order valence-electron chi connectivity index (χ1n) is 8.97. The van der Waals surface area contributed by atoms with E-state index >= 15 is 0 Å². The Morgan fingerprint density at radius 1 is 1.58 bits per heavy atom. The Labute approximate surface area is 152 Å². The summed E-state index contributed by atoms with van der Waals surface area (Å²) in [7, 11) is 1.69. The molecule has 0 unspecified atom stereocenters. The lowest BCUT2D eigenvalue weighted by atomic mass is 9.99. The van der Waals surface area contributed by atoms with E-state index in [9.17, 15) is 10.1 Å². The van der Waals surface area contributed by atoms with Gasteiger partial charge >= 0.3 is 0 Å². The lowest BCUT2D eigenvalue weighted by Gasteiger charge is -2.13. The van der Waals surface area contributed by atoms with Gasteiger partial charge in [0.1, 0.15) is 11.6 Å². The van der Waals surface area contributed by atoms with Crippen molar-refractivity contribution in [3.05, 3.63) is 39.6 Å². The first-order chi connectivity index (χ1) is 12.6. The van der Waals surface area contributed by atoms with Gasteiger partial charge in [0.15, 0.2) is 5.65 Å². The van der Waals surface area contributed by atoms with Crippen LogP contribution in [-0.4, -0.2) is 34.4 Å². The summed E-state index contributed by atoms with van der Waals surface area (Å²) in [6, 6.07) is 2.07. The van der Waals surface area contributed by atoms with Crippen molar-refractivity contribution in [2.24, 2.45) is 10.9 Å². The zero-order valence-corrected chi connectivity index (χ0v) is 15.4. The lowest BCUT2D eigenvalue weighted by Crippen LogP contribution is -2.24. The fourth-order valence-electron chi connectivity index (χ4n) is 3.03. The third-order valence-electron chi connectivity index (χ3n) is 4.59. The molecule has 0 aromatic carbocycles. The molecule has 2 aromatic heterocycles. The van der Waals surface area contributed by atoms with Crippen molar-refractivity contribution in [2.45, 2.75) is 39.0 Å². The summed E-state index contributed by atoms with van der Waals surface area (Å²) < 4.78 is 1.33. The number of nitrogens with zero attached hydrogens (tertiary/aromatic N) is 4.